The minimum absolute atomic E-state index is 0.0269. The Hall–Kier alpha value is -1.55. The highest BCUT2D eigenvalue weighted by Gasteiger charge is 2.31. The van der Waals surface area contributed by atoms with Gasteiger partial charge in [-0.25, -0.2) is 0 Å². The molecule has 3 unspecified atom stereocenters. The Labute approximate surface area is 113 Å². The van der Waals surface area contributed by atoms with Crippen molar-refractivity contribution in [2.75, 3.05) is 5.73 Å². The van der Waals surface area contributed by atoms with Gasteiger partial charge in [0.25, 0.3) is 0 Å². The number of hydrogen-bond donors (Lipinski definition) is 2. The van der Waals surface area contributed by atoms with Crippen molar-refractivity contribution in [2.45, 2.75) is 50.9 Å². The Kier molecular flexibility index (Phi) is 3.19. The largest absolute Gasteiger partial charge is 0.399 e. The molecule has 1 aromatic rings. The first kappa shape index (κ1) is 12.5. The average molecular weight is 260 g/mol. The number of amides is 1. The van der Waals surface area contributed by atoms with Gasteiger partial charge in [0.05, 0.1) is 12.1 Å². The van der Waals surface area contributed by atoms with Crippen molar-refractivity contribution < 1.29 is 9.53 Å². The monoisotopic (exact) mass is 260 g/mol. The lowest BCUT2D eigenvalue weighted by molar-refractivity contribution is -0.132. The van der Waals surface area contributed by atoms with Crippen molar-refractivity contribution >= 4 is 11.6 Å². The number of nitrogen functional groups attached to an aromatic ring is 1. The third kappa shape index (κ3) is 2.45. The standard InChI is InChI=1S/C15H20N2O2/c1-9-2-7-14(19-9)15(18)17-13-6-3-10-8-11(16)4-5-12(10)13/h4-5,8-9,13-14H,2-3,6-7,16H2,1H3,(H,17,18). The number of hydrogen-bond acceptors (Lipinski definition) is 3. The van der Waals surface area contributed by atoms with Crippen LogP contribution < -0.4 is 11.1 Å². The second-order valence-corrected chi connectivity index (χ2v) is 5.57. The minimum atomic E-state index is -0.271. The molecule has 19 heavy (non-hydrogen) atoms. The third-order valence-electron chi connectivity index (χ3n) is 4.09. The zero-order valence-corrected chi connectivity index (χ0v) is 11.2. The van der Waals surface area contributed by atoms with Gasteiger partial charge in [0.1, 0.15) is 6.10 Å². The molecule has 1 heterocycles. The van der Waals surface area contributed by atoms with Gasteiger partial charge in [0.15, 0.2) is 0 Å². The number of carbonyl (C=O) groups excluding carboxylic acids is 1. The molecule has 0 spiro atoms. The van der Waals surface area contributed by atoms with E-state index in [2.05, 4.69) is 5.32 Å². The Morgan fingerprint density at radius 1 is 1.37 bits per heavy atom. The van der Waals surface area contributed by atoms with E-state index in [-0.39, 0.29) is 24.2 Å². The fourth-order valence-corrected chi connectivity index (χ4v) is 3.05. The van der Waals surface area contributed by atoms with E-state index < -0.39 is 0 Å². The SMILES string of the molecule is CC1CCC(C(=O)NC2CCc3cc(N)ccc32)O1. The van der Waals surface area contributed by atoms with Crippen LogP contribution in [0.3, 0.4) is 0 Å². The van der Waals surface area contributed by atoms with E-state index in [1.807, 2.05) is 25.1 Å². The number of carbonyl (C=O) groups is 1. The first-order chi connectivity index (χ1) is 9.13. The van der Waals surface area contributed by atoms with E-state index in [9.17, 15) is 4.79 Å². The summed E-state index contributed by atoms with van der Waals surface area (Å²) in [5.74, 6) is 0.0269. The lowest BCUT2D eigenvalue weighted by Gasteiger charge is -2.17. The molecule has 0 aromatic heterocycles. The summed E-state index contributed by atoms with van der Waals surface area (Å²) in [5.41, 5.74) is 9.03. The van der Waals surface area contributed by atoms with Gasteiger partial charge in [-0.15, -0.1) is 0 Å². The Bertz CT molecular complexity index is 501. The van der Waals surface area contributed by atoms with Crippen molar-refractivity contribution in [1.29, 1.82) is 0 Å². The number of rotatable bonds is 2. The van der Waals surface area contributed by atoms with Crippen molar-refractivity contribution in [3.8, 4) is 0 Å². The van der Waals surface area contributed by atoms with Crippen LogP contribution in [0.15, 0.2) is 18.2 Å². The predicted molar refractivity (Wildman–Crippen MR) is 73.6 cm³/mol. The molecule has 3 rings (SSSR count). The van der Waals surface area contributed by atoms with Crippen LogP contribution in [0.2, 0.25) is 0 Å². The molecule has 1 saturated heterocycles. The molecule has 1 amide bonds. The number of ether oxygens (including phenoxy) is 1. The van der Waals surface area contributed by atoms with Crippen LogP contribution >= 0.6 is 0 Å². The first-order valence-electron chi connectivity index (χ1n) is 6.97. The molecule has 4 nitrogen and oxygen atoms in total. The van der Waals surface area contributed by atoms with Crippen molar-refractivity contribution in [1.82, 2.24) is 5.32 Å². The van der Waals surface area contributed by atoms with Crippen LogP contribution in [0.5, 0.6) is 0 Å². The number of nitrogens with two attached hydrogens (primary N) is 1. The number of nitrogens with one attached hydrogen (secondary N) is 1. The van der Waals surface area contributed by atoms with E-state index in [1.165, 1.54) is 11.1 Å². The van der Waals surface area contributed by atoms with E-state index in [0.29, 0.717) is 0 Å². The summed E-state index contributed by atoms with van der Waals surface area (Å²) in [4.78, 5) is 12.2. The van der Waals surface area contributed by atoms with Gasteiger partial charge in [0.2, 0.25) is 5.91 Å². The molecular formula is C15H20N2O2. The van der Waals surface area contributed by atoms with Crippen LogP contribution in [0.4, 0.5) is 5.69 Å². The van der Waals surface area contributed by atoms with Gasteiger partial charge in [-0.05, 0) is 55.9 Å². The van der Waals surface area contributed by atoms with E-state index >= 15 is 0 Å². The zero-order chi connectivity index (χ0) is 13.4. The molecule has 1 aliphatic carbocycles. The van der Waals surface area contributed by atoms with Gasteiger partial charge >= 0.3 is 0 Å². The topological polar surface area (TPSA) is 64.4 Å². The van der Waals surface area contributed by atoms with Gasteiger partial charge in [-0.1, -0.05) is 6.07 Å². The average Bonchev–Trinajstić information content (AvgIpc) is 2.96. The fraction of sp³-hybridized carbons (Fsp3) is 0.533. The molecule has 102 valence electrons. The zero-order valence-electron chi connectivity index (χ0n) is 11.2. The highest BCUT2D eigenvalue weighted by atomic mass is 16.5. The molecule has 4 heteroatoms. The van der Waals surface area contributed by atoms with Crippen molar-refractivity contribution in [3.05, 3.63) is 29.3 Å². The van der Waals surface area contributed by atoms with Crippen LogP contribution in [0.1, 0.15) is 43.4 Å². The smallest absolute Gasteiger partial charge is 0.249 e. The number of benzene rings is 1. The minimum Gasteiger partial charge on any atom is -0.399 e. The third-order valence-corrected chi connectivity index (χ3v) is 4.09. The number of fused-ring (bicyclic) bond motifs is 1. The van der Waals surface area contributed by atoms with Gasteiger partial charge < -0.3 is 15.8 Å². The van der Waals surface area contributed by atoms with Crippen molar-refractivity contribution in [2.24, 2.45) is 0 Å². The van der Waals surface area contributed by atoms with Crippen LogP contribution in [-0.2, 0) is 16.0 Å². The maximum absolute atomic E-state index is 12.2. The summed E-state index contributed by atoms with van der Waals surface area (Å²) >= 11 is 0. The van der Waals surface area contributed by atoms with Gasteiger partial charge in [-0.2, -0.15) is 0 Å². The summed E-state index contributed by atoms with van der Waals surface area (Å²) in [5, 5.41) is 3.11. The molecule has 1 fully saturated rings. The lowest BCUT2D eigenvalue weighted by atomic mass is 10.1. The molecule has 0 radical (unpaired) electrons. The quantitative estimate of drug-likeness (QED) is 0.799. The normalized spacial score (nSPS) is 29.2. The van der Waals surface area contributed by atoms with Crippen LogP contribution in [0.25, 0.3) is 0 Å². The number of aryl methyl sites for hydroxylation is 1. The number of anilines is 1. The van der Waals surface area contributed by atoms with E-state index in [1.54, 1.807) is 0 Å². The highest BCUT2D eigenvalue weighted by Crippen LogP contribution is 2.32. The second kappa shape index (κ2) is 4.85. The molecule has 1 aromatic carbocycles. The molecule has 2 aliphatic rings. The molecule has 3 N–H and O–H groups in total. The molecule has 3 atom stereocenters. The maximum atomic E-state index is 12.2. The van der Waals surface area contributed by atoms with E-state index in [0.717, 1.165) is 31.4 Å². The summed E-state index contributed by atoms with van der Waals surface area (Å²) in [7, 11) is 0. The lowest BCUT2D eigenvalue weighted by Crippen LogP contribution is -2.36. The maximum Gasteiger partial charge on any atom is 0.249 e. The molecule has 0 saturated carbocycles. The molecular weight excluding hydrogens is 240 g/mol. The molecule has 1 aliphatic heterocycles. The highest BCUT2D eigenvalue weighted by molar-refractivity contribution is 5.81. The summed E-state index contributed by atoms with van der Waals surface area (Å²) in [6.45, 7) is 2.01. The summed E-state index contributed by atoms with van der Waals surface area (Å²) < 4.78 is 5.61. The van der Waals surface area contributed by atoms with Crippen LogP contribution in [0, 0.1) is 0 Å². The van der Waals surface area contributed by atoms with Gasteiger partial charge in [0, 0.05) is 5.69 Å². The van der Waals surface area contributed by atoms with Gasteiger partial charge in [-0.3, -0.25) is 4.79 Å². The Morgan fingerprint density at radius 3 is 2.95 bits per heavy atom. The first-order valence-corrected chi connectivity index (χ1v) is 6.97. The summed E-state index contributed by atoms with van der Waals surface area (Å²) in [6, 6.07) is 6.05. The van der Waals surface area contributed by atoms with Crippen LogP contribution in [-0.4, -0.2) is 18.1 Å². The Balaban J connectivity index is 1.68. The Morgan fingerprint density at radius 2 is 2.21 bits per heavy atom. The summed E-state index contributed by atoms with van der Waals surface area (Å²) in [6.07, 6.45) is 3.66. The molecule has 0 bridgehead atoms. The fourth-order valence-electron chi connectivity index (χ4n) is 3.05. The van der Waals surface area contributed by atoms with Crippen molar-refractivity contribution in [3.63, 3.8) is 0 Å². The predicted octanol–water partition coefficient (Wildman–Crippen LogP) is 1.94. The second-order valence-electron chi connectivity index (χ2n) is 5.57. The van der Waals surface area contributed by atoms with E-state index in [4.69, 9.17) is 10.5 Å².